The van der Waals surface area contributed by atoms with E-state index < -0.39 is 10.0 Å². The lowest BCUT2D eigenvalue weighted by Gasteiger charge is -2.33. The van der Waals surface area contributed by atoms with Gasteiger partial charge in [-0.05, 0) is 25.8 Å². The summed E-state index contributed by atoms with van der Waals surface area (Å²) in [6.45, 7) is 9.90. The molecule has 1 unspecified atom stereocenters. The molecule has 1 rings (SSSR count). The Bertz CT molecular complexity index is 407. The van der Waals surface area contributed by atoms with E-state index in [1.807, 2.05) is 0 Å². The van der Waals surface area contributed by atoms with E-state index in [1.165, 1.54) is 5.57 Å². The van der Waals surface area contributed by atoms with Crippen molar-refractivity contribution in [2.24, 2.45) is 5.41 Å². The Kier molecular flexibility index (Phi) is 4.98. The topological polar surface area (TPSA) is 49.4 Å². The smallest absolute Gasteiger partial charge is 0.218 e. The van der Waals surface area contributed by atoms with Gasteiger partial charge in [-0.3, -0.25) is 0 Å². The molecular formula is C13H26N2O2S. The zero-order valence-electron chi connectivity index (χ0n) is 12.2. The normalized spacial score (nSPS) is 20.6. The zero-order chi connectivity index (χ0) is 14.0. The molecule has 1 N–H and O–H groups in total. The fourth-order valence-corrected chi connectivity index (χ4v) is 3.72. The summed E-state index contributed by atoms with van der Waals surface area (Å²) in [5, 5.41) is 2.56. The molecule has 1 aliphatic heterocycles. The van der Waals surface area contributed by atoms with Gasteiger partial charge in [-0.1, -0.05) is 32.4 Å². The number of nitrogens with zero attached hydrogens (tertiary/aromatic N) is 1. The number of hydrogen-bond acceptors (Lipinski definition) is 3. The lowest BCUT2D eigenvalue weighted by Crippen LogP contribution is -2.43. The number of rotatable bonds is 4. The van der Waals surface area contributed by atoms with Crippen molar-refractivity contribution in [1.29, 1.82) is 0 Å². The first-order valence-electron chi connectivity index (χ1n) is 6.52. The van der Waals surface area contributed by atoms with E-state index >= 15 is 0 Å². The highest BCUT2D eigenvalue weighted by Gasteiger charge is 2.31. The van der Waals surface area contributed by atoms with Crippen LogP contribution in [0, 0.1) is 5.41 Å². The monoisotopic (exact) mass is 274 g/mol. The molecule has 0 amide bonds. The maximum atomic E-state index is 12.3. The second-order valence-corrected chi connectivity index (χ2v) is 8.35. The largest absolute Gasteiger partial charge is 0.318 e. The second-order valence-electron chi connectivity index (χ2n) is 6.00. The minimum Gasteiger partial charge on any atom is -0.318 e. The summed E-state index contributed by atoms with van der Waals surface area (Å²) in [6, 6.07) is 0. The van der Waals surface area contributed by atoms with Crippen LogP contribution in [-0.4, -0.2) is 44.7 Å². The lowest BCUT2D eigenvalue weighted by atomic mass is 9.83. The lowest BCUT2D eigenvalue weighted by molar-refractivity contribution is 0.385. The molecule has 0 bridgehead atoms. The molecular weight excluding hydrogens is 248 g/mol. The maximum absolute atomic E-state index is 12.3. The van der Waals surface area contributed by atoms with Crippen LogP contribution in [0.2, 0.25) is 0 Å². The van der Waals surface area contributed by atoms with Gasteiger partial charge in [-0.25, -0.2) is 8.42 Å². The molecule has 1 heterocycles. The van der Waals surface area contributed by atoms with Crippen LogP contribution in [0.4, 0.5) is 0 Å². The van der Waals surface area contributed by atoms with Gasteiger partial charge in [-0.2, -0.15) is 4.31 Å². The minimum atomic E-state index is -3.17. The van der Waals surface area contributed by atoms with E-state index in [0.717, 1.165) is 6.42 Å². The Hall–Kier alpha value is -0.390. The number of hydrogen-bond donors (Lipinski definition) is 1. The first-order chi connectivity index (χ1) is 8.19. The average molecular weight is 274 g/mol. The van der Waals surface area contributed by atoms with Gasteiger partial charge in [0.2, 0.25) is 10.0 Å². The Morgan fingerprint density at radius 2 is 2.06 bits per heavy atom. The summed E-state index contributed by atoms with van der Waals surface area (Å²) in [7, 11) is -1.39. The molecule has 5 heteroatoms. The van der Waals surface area contributed by atoms with Crippen molar-refractivity contribution in [2.75, 3.05) is 26.7 Å². The molecule has 0 aromatic carbocycles. The molecule has 0 saturated heterocycles. The number of sulfonamides is 1. The summed E-state index contributed by atoms with van der Waals surface area (Å²) in [6.07, 6.45) is 2.92. The molecule has 0 aliphatic carbocycles. The van der Waals surface area contributed by atoms with Gasteiger partial charge in [0.15, 0.2) is 0 Å². The number of nitrogens with one attached hydrogen (secondary N) is 1. The predicted molar refractivity (Wildman–Crippen MR) is 76.0 cm³/mol. The molecule has 0 spiro atoms. The standard InChI is InChI=1S/C13H26N2O2S/c1-11(10-14-5)18(16,17)15-8-6-12(7-9-15)13(2,3)4/h6,11,14H,7-10H2,1-5H3. The van der Waals surface area contributed by atoms with Gasteiger partial charge in [0.1, 0.15) is 0 Å². The van der Waals surface area contributed by atoms with Gasteiger partial charge < -0.3 is 5.32 Å². The molecule has 0 radical (unpaired) electrons. The van der Waals surface area contributed by atoms with Gasteiger partial charge in [0, 0.05) is 19.6 Å². The maximum Gasteiger partial charge on any atom is 0.218 e. The molecule has 1 atom stereocenters. The van der Waals surface area contributed by atoms with Crippen LogP contribution < -0.4 is 5.32 Å². The van der Waals surface area contributed by atoms with Gasteiger partial charge >= 0.3 is 0 Å². The van der Waals surface area contributed by atoms with E-state index in [2.05, 4.69) is 32.2 Å². The Labute approximate surface area is 111 Å². The van der Waals surface area contributed by atoms with Crippen molar-refractivity contribution in [1.82, 2.24) is 9.62 Å². The Morgan fingerprint density at radius 3 is 2.44 bits per heavy atom. The highest BCUT2D eigenvalue weighted by Crippen LogP contribution is 2.31. The quantitative estimate of drug-likeness (QED) is 0.792. The summed E-state index contributed by atoms with van der Waals surface area (Å²) in [4.78, 5) is 0. The van der Waals surface area contributed by atoms with E-state index in [4.69, 9.17) is 0 Å². The summed E-state index contributed by atoms with van der Waals surface area (Å²) in [5.41, 5.74) is 1.50. The third kappa shape index (κ3) is 3.56. The van der Waals surface area contributed by atoms with Crippen molar-refractivity contribution in [3.8, 4) is 0 Å². The fraction of sp³-hybridized carbons (Fsp3) is 0.846. The van der Waals surface area contributed by atoms with E-state index in [-0.39, 0.29) is 10.7 Å². The first kappa shape index (κ1) is 15.7. The minimum absolute atomic E-state index is 0.145. The highest BCUT2D eigenvalue weighted by atomic mass is 32.2. The second kappa shape index (κ2) is 5.72. The molecule has 1 aliphatic rings. The van der Waals surface area contributed by atoms with E-state index in [1.54, 1.807) is 18.3 Å². The third-order valence-corrected chi connectivity index (χ3v) is 5.73. The molecule has 106 valence electrons. The van der Waals surface area contributed by atoms with Crippen LogP contribution in [0.3, 0.4) is 0 Å². The summed E-state index contributed by atoms with van der Waals surface area (Å²) < 4.78 is 26.2. The molecule has 0 fully saturated rings. The van der Waals surface area contributed by atoms with Crippen LogP contribution in [0.5, 0.6) is 0 Å². The first-order valence-corrected chi connectivity index (χ1v) is 8.03. The van der Waals surface area contributed by atoms with Crippen LogP contribution in [0.25, 0.3) is 0 Å². The SMILES string of the molecule is CNCC(C)S(=O)(=O)N1CC=C(C(C)(C)C)CC1. The molecule has 0 aromatic rings. The van der Waals surface area contributed by atoms with Crippen molar-refractivity contribution in [3.05, 3.63) is 11.6 Å². The summed E-state index contributed by atoms with van der Waals surface area (Å²) >= 11 is 0. The summed E-state index contributed by atoms with van der Waals surface area (Å²) in [5.74, 6) is 0. The molecule has 4 nitrogen and oxygen atoms in total. The van der Waals surface area contributed by atoms with Gasteiger partial charge in [0.05, 0.1) is 5.25 Å². The van der Waals surface area contributed by atoms with E-state index in [9.17, 15) is 8.42 Å². The zero-order valence-corrected chi connectivity index (χ0v) is 13.0. The van der Waals surface area contributed by atoms with Crippen LogP contribution >= 0.6 is 0 Å². The third-order valence-electron chi connectivity index (χ3n) is 3.50. The molecule has 0 aromatic heterocycles. The van der Waals surface area contributed by atoms with Gasteiger partial charge in [-0.15, -0.1) is 0 Å². The predicted octanol–water partition coefficient (Wildman–Crippen LogP) is 1.60. The van der Waals surface area contributed by atoms with Crippen molar-refractivity contribution in [3.63, 3.8) is 0 Å². The van der Waals surface area contributed by atoms with Crippen molar-refractivity contribution < 1.29 is 8.42 Å². The molecule has 0 saturated carbocycles. The van der Waals surface area contributed by atoms with Gasteiger partial charge in [0.25, 0.3) is 0 Å². The average Bonchev–Trinajstić information content (AvgIpc) is 2.28. The van der Waals surface area contributed by atoms with Crippen LogP contribution in [0.15, 0.2) is 11.6 Å². The molecule has 18 heavy (non-hydrogen) atoms. The van der Waals surface area contributed by atoms with Crippen LogP contribution in [0.1, 0.15) is 34.1 Å². The Balaban J connectivity index is 2.76. The van der Waals surface area contributed by atoms with Crippen molar-refractivity contribution >= 4 is 10.0 Å². The highest BCUT2D eigenvalue weighted by molar-refractivity contribution is 7.89. The van der Waals surface area contributed by atoms with E-state index in [0.29, 0.717) is 19.6 Å². The van der Waals surface area contributed by atoms with Crippen LogP contribution in [-0.2, 0) is 10.0 Å². The van der Waals surface area contributed by atoms with Crippen molar-refractivity contribution in [2.45, 2.75) is 39.4 Å². The fourth-order valence-electron chi connectivity index (χ4n) is 2.21. The Morgan fingerprint density at radius 1 is 1.44 bits per heavy atom.